The van der Waals surface area contributed by atoms with E-state index in [4.69, 9.17) is 5.73 Å². The van der Waals surface area contributed by atoms with Crippen LogP contribution in [0.2, 0.25) is 0 Å². The molecule has 34 heavy (non-hydrogen) atoms. The topological polar surface area (TPSA) is 113 Å². The number of hydrogen-bond acceptors (Lipinski definition) is 6. The van der Waals surface area contributed by atoms with Gasteiger partial charge in [0.05, 0.1) is 22.9 Å². The highest BCUT2D eigenvalue weighted by Gasteiger charge is 2.25. The second-order valence-electron chi connectivity index (χ2n) is 9.50. The van der Waals surface area contributed by atoms with E-state index >= 15 is 0 Å². The van der Waals surface area contributed by atoms with E-state index in [2.05, 4.69) is 59.2 Å². The standard InChI is InChI=1S/C27H39N5O2/c1-8-10-22-24(23(25(28)33)16-30-26(22)32-20(5)27(6,7)34)31-18(3)13-12-17(2)19(4)21-11-9-14-29-15-21/h8-9,11-20,34H,1,10H2,2-7H3,(H2,28,33)(H2,30,31,32)/b13-12+/t17-,18?,19+,20?/m0/s1. The average Bonchev–Trinajstić information content (AvgIpc) is 2.78. The zero-order valence-corrected chi connectivity index (χ0v) is 21.2. The number of primary amides is 1. The predicted molar refractivity (Wildman–Crippen MR) is 140 cm³/mol. The van der Waals surface area contributed by atoms with Gasteiger partial charge in [0.15, 0.2) is 0 Å². The number of amides is 1. The number of allylic oxidation sites excluding steroid dienone is 2. The van der Waals surface area contributed by atoms with Gasteiger partial charge in [-0.1, -0.05) is 38.1 Å². The first kappa shape index (κ1) is 27.1. The molecule has 0 bridgehead atoms. The summed E-state index contributed by atoms with van der Waals surface area (Å²) < 4.78 is 0. The third-order valence-electron chi connectivity index (χ3n) is 6.28. The van der Waals surface area contributed by atoms with Gasteiger partial charge in [-0.2, -0.15) is 0 Å². The maximum absolute atomic E-state index is 12.2. The summed E-state index contributed by atoms with van der Waals surface area (Å²) in [4.78, 5) is 20.9. The van der Waals surface area contributed by atoms with Gasteiger partial charge in [0.1, 0.15) is 5.82 Å². The lowest BCUT2D eigenvalue weighted by Crippen LogP contribution is -2.40. The lowest BCUT2D eigenvalue weighted by atomic mass is 9.89. The number of aromatic nitrogens is 2. The number of nitrogens with two attached hydrogens (primary N) is 1. The highest BCUT2D eigenvalue weighted by atomic mass is 16.3. The number of nitrogens with one attached hydrogen (secondary N) is 2. The van der Waals surface area contributed by atoms with Gasteiger partial charge in [-0.15, -0.1) is 6.58 Å². The van der Waals surface area contributed by atoms with Gasteiger partial charge in [0.2, 0.25) is 0 Å². The zero-order valence-electron chi connectivity index (χ0n) is 21.2. The Morgan fingerprint density at radius 2 is 1.91 bits per heavy atom. The summed E-state index contributed by atoms with van der Waals surface area (Å²) in [5.74, 6) is 0.627. The van der Waals surface area contributed by atoms with Crippen molar-refractivity contribution in [3.05, 3.63) is 72.2 Å². The highest BCUT2D eigenvalue weighted by molar-refractivity contribution is 5.99. The van der Waals surface area contributed by atoms with Crippen molar-refractivity contribution in [3.63, 3.8) is 0 Å². The summed E-state index contributed by atoms with van der Waals surface area (Å²) in [6.07, 6.45) is 11.6. The van der Waals surface area contributed by atoms with Crippen LogP contribution in [0.25, 0.3) is 0 Å². The molecule has 0 saturated carbocycles. The van der Waals surface area contributed by atoms with Crippen LogP contribution in [0.4, 0.5) is 11.5 Å². The monoisotopic (exact) mass is 465 g/mol. The van der Waals surface area contributed by atoms with Crippen molar-refractivity contribution in [2.24, 2.45) is 11.7 Å². The van der Waals surface area contributed by atoms with E-state index < -0.39 is 11.5 Å². The molecule has 0 radical (unpaired) electrons. The first-order chi connectivity index (χ1) is 16.0. The lowest BCUT2D eigenvalue weighted by Gasteiger charge is -2.29. The van der Waals surface area contributed by atoms with E-state index in [1.165, 1.54) is 11.8 Å². The molecule has 2 aromatic rings. The van der Waals surface area contributed by atoms with Crippen molar-refractivity contribution < 1.29 is 9.90 Å². The summed E-state index contributed by atoms with van der Waals surface area (Å²) in [7, 11) is 0. The van der Waals surface area contributed by atoms with E-state index in [1.54, 1.807) is 26.1 Å². The molecule has 7 heteroatoms. The van der Waals surface area contributed by atoms with Crippen LogP contribution < -0.4 is 16.4 Å². The van der Waals surface area contributed by atoms with Gasteiger partial charge >= 0.3 is 0 Å². The molecule has 0 fully saturated rings. The van der Waals surface area contributed by atoms with Gasteiger partial charge < -0.3 is 21.5 Å². The summed E-state index contributed by atoms with van der Waals surface area (Å²) in [6.45, 7) is 15.6. The molecular weight excluding hydrogens is 426 g/mol. The van der Waals surface area contributed by atoms with Crippen molar-refractivity contribution in [3.8, 4) is 0 Å². The zero-order chi connectivity index (χ0) is 25.5. The lowest BCUT2D eigenvalue weighted by molar-refractivity contribution is 0.0647. The fourth-order valence-corrected chi connectivity index (χ4v) is 3.49. The Kier molecular flexibility index (Phi) is 9.38. The average molecular weight is 466 g/mol. The Morgan fingerprint density at radius 1 is 1.21 bits per heavy atom. The molecule has 1 amide bonds. The van der Waals surface area contributed by atoms with Gasteiger partial charge in [-0.3, -0.25) is 9.78 Å². The van der Waals surface area contributed by atoms with Crippen molar-refractivity contribution in [2.45, 2.75) is 71.6 Å². The van der Waals surface area contributed by atoms with E-state index in [-0.39, 0.29) is 12.1 Å². The predicted octanol–water partition coefficient (Wildman–Crippen LogP) is 4.67. The molecule has 2 heterocycles. The van der Waals surface area contributed by atoms with Gasteiger partial charge in [0.25, 0.3) is 5.91 Å². The highest BCUT2D eigenvalue weighted by Crippen LogP contribution is 2.30. The van der Waals surface area contributed by atoms with Gasteiger partial charge in [-0.05, 0) is 57.6 Å². The molecule has 0 aliphatic carbocycles. The second kappa shape index (κ2) is 11.8. The smallest absolute Gasteiger partial charge is 0.252 e. The molecule has 0 saturated heterocycles. The van der Waals surface area contributed by atoms with Gasteiger partial charge in [0, 0.05) is 30.2 Å². The Balaban J connectivity index is 2.32. The molecule has 7 nitrogen and oxygen atoms in total. The molecule has 184 valence electrons. The minimum Gasteiger partial charge on any atom is -0.388 e. The van der Waals surface area contributed by atoms with E-state index in [0.717, 1.165) is 5.56 Å². The van der Waals surface area contributed by atoms with E-state index in [0.29, 0.717) is 35.3 Å². The van der Waals surface area contributed by atoms with Gasteiger partial charge in [-0.25, -0.2) is 4.98 Å². The molecule has 2 rings (SSSR count). The van der Waals surface area contributed by atoms with Crippen LogP contribution in [-0.2, 0) is 6.42 Å². The maximum atomic E-state index is 12.2. The Labute approximate surface area is 203 Å². The minimum absolute atomic E-state index is 0.0767. The summed E-state index contributed by atoms with van der Waals surface area (Å²) in [5, 5.41) is 17.1. The number of pyridine rings is 2. The Bertz CT molecular complexity index is 998. The second-order valence-corrected chi connectivity index (χ2v) is 9.50. The molecule has 0 aromatic carbocycles. The number of carbonyl (C=O) groups excluding carboxylic acids is 1. The number of nitrogens with zero attached hydrogens (tertiary/aromatic N) is 2. The van der Waals surface area contributed by atoms with Crippen LogP contribution in [0, 0.1) is 5.92 Å². The van der Waals surface area contributed by atoms with Crippen LogP contribution in [0.15, 0.2) is 55.5 Å². The maximum Gasteiger partial charge on any atom is 0.252 e. The van der Waals surface area contributed by atoms with E-state index in [1.807, 2.05) is 26.1 Å². The van der Waals surface area contributed by atoms with Crippen LogP contribution in [-0.4, -0.2) is 38.7 Å². The Morgan fingerprint density at radius 3 is 2.47 bits per heavy atom. The number of aliphatic hydroxyl groups is 1. The van der Waals surface area contributed by atoms with Crippen molar-refractivity contribution >= 4 is 17.4 Å². The minimum atomic E-state index is -0.958. The molecule has 5 N–H and O–H groups in total. The molecule has 4 atom stereocenters. The first-order valence-corrected chi connectivity index (χ1v) is 11.7. The Hall–Kier alpha value is -3.19. The number of anilines is 2. The summed E-state index contributed by atoms with van der Waals surface area (Å²) in [5.41, 5.74) is 7.62. The third kappa shape index (κ3) is 7.15. The van der Waals surface area contributed by atoms with Crippen LogP contribution in [0.1, 0.15) is 68.9 Å². The van der Waals surface area contributed by atoms with Crippen molar-refractivity contribution in [2.75, 3.05) is 10.6 Å². The van der Waals surface area contributed by atoms with Crippen molar-refractivity contribution in [1.82, 2.24) is 9.97 Å². The summed E-state index contributed by atoms with van der Waals surface area (Å²) in [6, 6.07) is 3.69. The summed E-state index contributed by atoms with van der Waals surface area (Å²) >= 11 is 0. The SMILES string of the molecule is C=CCc1c(NC(C)C(C)(C)O)ncc(C(N)=O)c1NC(C)/C=C/[C@H](C)[C@@H](C)c1cccnc1. The molecule has 2 aromatic heterocycles. The largest absolute Gasteiger partial charge is 0.388 e. The molecule has 0 aliphatic rings. The quantitative estimate of drug-likeness (QED) is 0.339. The number of hydrogen-bond donors (Lipinski definition) is 4. The van der Waals surface area contributed by atoms with Crippen molar-refractivity contribution in [1.29, 1.82) is 0 Å². The number of carbonyl (C=O) groups is 1. The van der Waals surface area contributed by atoms with Crippen LogP contribution >= 0.6 is 0 Å². The van der Waals surface area contributed by atoms with E-state index in [9.17, 15) is 9.90 Å². The third-order valence-corrected chi connectivity index (χ3v) is 6.28. The molecule has 0 spiro atoms. The fourth-order valence-electron chi connectivity index (χ4n) is 3.49. The molecule has 0 aliphatic heterocycles. The normalized spacial score (nSPS) is 15.4. The van der Waals surface area contributed by atoms with Crippen LogP contribution in [0.5, 0.6) is 0 Å². The number of rotatable bonds is 12. The van der Waals surface area contributed by atoms with Crippen LogP contribution in [0.3, 0.4) is 0 Å². The molecule has 2 unspecified atom stereocenters. The fraction of sp³-hybridized carbons (Fsp3) is 0.444. The first-order valence-electron chi connectivity index (χ1n) is 11.7. The molecular formula is C27H39N5O2.